The van der Waals surface area contributed by atoms with Gasteiger partial charge >= 0.3 is 0 Å². The first-order chi connectivity index (χ1) is 9.29. The molecule has 0 saturated carbocycles. The highest BCUT2D eigenvalue weighted by Crippen LogP contribution is 2.26. The van der Waals surface area contributed by atoms with Gasteiger partial charge in [0.05, 0.1) is 11.2 Å². The van der Waals surface area contributed by atoms with Crippen LogP contribution in [-0.2, 0) is 0 Å². The first-order valence-electron chi connectivity index (χ1n) is 6.14. The molecule has 1 aromatic carbocycles. The summed E-state index contributed by atoms with van der Waals surface area (Å²) < 4.78 is 0. The molecule has 0 fully saturated rings. The predicted molar refractivity (Wildman–Crippen MR) is 77.1 cm³/mol. The van der Waals surface area contributed by atoms with E-state index in [4.69, 9.17) is 0 Å². The van der Waals surface area contributed by atoms with E-state index in [-0.39, 0.29) is 0 Å². The van der Waals surface area contributed by atoms with E-state index in [0.29, 0.717) is 0 Å². The van der Waals surface area contributed by atoms with Gasteiger partial charge in [0.15, 0.2) is 0 Å². The molecule has 3 rings (SSSR count). The second kappa shape index (κ2) is 4.65. The number of fused-ring (bicyclic) bond motifs is 1. The lowest BCUT2D eigenvalue weighted by atomic mass is 10.0. The standard InChI is InChI=1S/C15H14N4/c1-10-14(18-9-19-15(10)16-2)12-5-6-13-11(8-12)4-3-7-17-13/h3-9H,1-2H3,(H,16,18,19). The summed E-state index contributed by atoms with van der Waals surface area (Å²) >= 11 is 0. The first kappa shape index (κ1) is 11.6. The van der Waals surface area contributed by atoms with Crippen LogP contribution in [0.1, 0.15) is 5.56 Å². The van der Waals surface area contributed by atoms with Crippen molar-refractivity contribution in [2.45, 2.75) is 6.92 Å². The number of aromatic nitrogens is 3. The zero-order valence-corrected chi connectivity index (χ0v) is 10.9. The monoisotopic (exact) mass is 250 g/mol. The summed E-state index contributed by atoms with van der Waals surface area (Å²) in [6.45, 7) is 2.02. The van der Waals surface area contributed by atoms with Crippen molar-refractivity contribution < 1.29 is 0 Å². The summed E-state index contributed by atoms with van der Waals surface area (Å²) in [6, 6.07) is 10.2. The third-order valence-corrected chi connectivity index (χ3v) is 3.20. The van der Waals surface area contributed by atoms with Gasteiger partial charge in [-0.05, 0) is 25.1 Å². The Morgan fingerprint density at radius 2 is 1.95 bits per heavy atom. The molecule has 1 N–H and O–H groups in total. The average Bonchev–Trinajstić information content (AvgIpc) is 2.47. The minimum atomic E-state index is 0.858. The zero-order valence-electron chi connectivity index (χ0n) is 10.9. The number of hydrogen-bond acceptors (Lipinski definition) is 4. The number of hydrogen-bond donors (Lipinski definition) is 1. The molecule has 0 bridgehead atoms. The van der Waals surface area contributed by atoms with Crippen molar-refractivity contribution in [2.24, 2.45) is 0 Å². The zero-order chi connectivity index (χ0) is 13.2. The molecule has 4 nitrogen and oxygen atoms in total. The Kier molecular flexibility index (Phi) is 2.83. The van der Waals surface area contributed by atoms with Crippen LogP contribution in [0.15, 0.2) is 42.9 Å². The average molecular weight is 250 g/mol. The van der Waals surface area contributed by atoms with Crippen molar-refractivity contribution in [3.8, 4) is 11.3 Å². The fraction of sp³-hybridized carbons (Fsp3) is 0.133. The SMILES string of the molecule is CNc1ncnc(-c2ccc3ncccc3c2)c1C. The van der Waals surface area contributed by atoms with Gasteiger partial charge in [-0.3, -0.25) is 4.98 Å². The summed E-state index contributed by atoms with van der Waals surface area (Å²) in [7, 11) is 1.86. The Bertz CT molecular complexity index is 737. The van der Waals surface area contributed by atoms with Gasteiger partial charge in [-0.2, -0.15) is 0 Å². The maximum absolute atomic E-state index is 4.39. The van der Waals surface area contributed by atoms with E-state index in [2.05, 4.69) is 32.4 Å². The Labute approximate surface area is 111 Å². The smallest absolute Gasteiger partial charge is 0.132 e. The largest absolute Gasteiger partial charge is 0.373 e. The second-order valence-electron chi connectivity index (χ2n) is 4.36. The molecule has 0 atom stereocenters. The van der Waals surface area contributed by atoms with Crippen LogP contribution in [0.3, 0.4) is 0 Å². The Morgan fingerprint density at radius 3 is 2.79 bits per heavy atom. The van der Waals surface area contributed by atoms with Crippen LogP contribution in [0.4, 0.5) is 5.82 Å². The molecule has 94 valence electrons. The van der Waals surface area contributed by atoms with Gasteiger partial charge in [-0.1, -0.05) is 12.1 Å². The van der Waals surface area contributed by atoms with Crippen LogP contribution in [0, 0.1) is 6.92 Å². The fourth-order valence-electron chi connectivity index (χ4n) is 2.22. The van der Waals surface area contributed by atoms with E-state index in [1.807, 2.05) is 32.2 Å². The van der Waals surface area contributed by atoms with Gasteiger partial charge in [-0.15, -0.1) is 0 Å². The van der Waals surface area contributed by atoms with Crippen molar-refractivity contribution >= 4 is 16.7 Å². The van der Waals surface area contributed by atoms with Gasteiger partial charge in [0.2, 0.25) is 0 Å². The van der Waals surface area contributed by atoms with Crippen molar-refractivity contribution in [3.05, 3.63) is 48.4 Å². The van der Waals surface area contributed by atoms with Crippen LogP contribution in [0.2, 0.25) is 0 Å². The minimum Gasteiger partial charge on any atom is -0.373 e. The second-order valence-corrected chi connectivity index (χ2v) is 4.36. The molecular weight excluding hydrogens is 236 g/mol. The van der Waals surface area contributed by atoms with E-state index in [0.717, 1.165) is 33.5 Å². The molecule has 3 aromatic rings. The Morgan fingerprint density at radius 1 is 1.05 bits per heavy atom. The maximum Gasteiger partial charge on any atom is 0.132 e. The summed E-state index contributed by atoms with van der Waals surface area (Å²) in [5.74, 6) is 0.858. The Hall–Kier alpha value is -2.49. The summed E-state index contributed by atoms with van der Waals surface area (Å²) in [4.78, 5) is 12.9. The third-order valence-electron chi connectivity index (χ3n) is 3.20. The molecule has 0 spiro atoms. The van der Waals surface area contributed by atoms with E-state index in [9.17, 15) is 0 Å². The van der Waals surface area contributed by atoms with E-state index >= 15 is 0 Å². The van der Waals surface area contributed by atoms with Crippen molar-refractivity contribution in [1.82, 2.24) is 15.0 Å². The third kappa shape index (κ3) is 2.01. The number of nitrogens with one attached hydrogen (secondary N) is 1. The van der Waals surface area contributed by atoms with Crippen LogP contribution in [0.5, 0.6) is 0 Å². The molecule has 0 aliphatic rings. The predicted octanol–water partition coefficient (Wildman–Crippen LogP) is 3.04. The highest BCUT2D eigenvalue weighted by Gasteiger charge is 2.08. The number of benzene rings is 1. The molecule has 0 saturated heterocycles. The van der Waals surface area contributed by atoms with Crippen LogP contribution in [-0.4, -0.2) is 22.0 Å². The molecule has 19 heavy (non-hydrogen) atoms. The molecule has 0 aliphatic heterocycles. The minimum absolute atomic E-state index is 0.858. The normalized spacial score (nSPS) is 10.6. The molecule has 0 radical (unpaired) electrons. The highest BCUT2D eigenvalue weighted by atomic mass is 15.0. The quantitative estimate of drug-likeness (QED) is 0.759. The van der Waals surface area contributed by atoms with Gasteiger partial charge in [0.25, 0.3) is 0 Å². The fourth-order valence-corrected chi connectivity index (χ4v) is 2.22. The lowest BCUT2D eigenvalue weighted by Gasteiger charge is -2.09. The Balaban J connectivity index is 2.19. The summed E-state index contributed by atoms with van der Waals surface area (Å²) in [6.07, 6.45) is 3.39. The lowest BCUT2D eigenvalue weighted by Crippen LogP contribution is -1.99. The van der Waals surface area contributed by atoms with Crippen molar-refractivity contribution in [3.63, 3.8) is 0 Å². The molecule has 2 aromatic heterocycles. The summed E-state index contributed by atoms with van der Waals surface area (Å²) in [5.41, 5.74) is 4.07. The molecular formula is C15H14N4. The van der Waals surface area contributed by atoms with Crippen LogP contribution < -0.4 is 5.32 Å². The number of nitrogens with zero attached hydrogens (tertiary/aromatic N) is 3. The number of rotatable bonds is 2. The maximum atomic E-state index is 4.39. The molecule has 4 heteroatoms. The molecule has 0 unspecified atom stereocenters. The van der Waals surface area contributed by atoms with Gasteiger partial charge in [-0.25, -0.2) is 9.97 Å². The van der Waals surface area contributed by atoms with Gasteiger partial charge in [0, 0.05) is 29.8 Å². The highest BCUT2D eigenvalue weighted by molar-refractivity contribution is 5.84. The lowest BCUT2D eigenvalue weighted by molar-refractivity contribution is 1.13. The summed E-state index contributed by atoms with van der Waals surface area (Å²) in [5, 5.41) is 4.19. The molecule has 0 amide bonds. The van der Waals surface area contributed by atoms with E-state index < -0.39 is 0 Å². The van der Waals surface area contributed by atoms with Crippen molar-refractivity contribution in [2.75, 3.05) is 12.4 Å². The molecule has 0 aliphatic carbocycles. The molecule has 2 heterocycles. The first-order valence-corrected chi connectivity index (χ1v) is 6.14. The van der Waals surface area contributed by atoms with E-state index in [1.165, 1.54) is 0 Å². The number of anilines is 1. The topological polar surface area (TPSA) is 50.7 Å². The van der Waals surface area contributed by atoms with Crippen LogP contribution in [0.25, 0.3) is 22.2 Å². The van der Waals surface area contributed by atoms with Crippen molar-refractivity contribution in [1.29, 1.82) is 0 Å². The van der Waals surface area contributed by atoms with Gasteiger partial charge in [0.1, 0.15) is 12.1 Å². The number of pyridine rings is 1. The van der Waals surface area contributed by atoms with Gasteiger partial charge < -0.3 is 5.32 Å². The van der Waals surface area contributed by atoms with Crippen LogP contribution >= 0.6 is 0 Å². The van der Waals surface area contributed by atoms with E-state index in [1.54, 1.807) is 12.5 Å².